The van der Waals surface area contributed by atoms with E-state index in [9.17, 15) is 38.7 Å². The fourth-order valence-electron chi connectivity index (χ4n) is 6.96. The van der Waals surface area contributed by atoms with Crippen molar-refractivity contribution in [3.05, 3.63) is 47.5 Å². The van der Waals surface area contributed by atoms with Crippen LogP contribution in [0.15, 0.2) is 42.0 Å². The smallest absolute Gasteiger partial charge is 0.334 e. The summed E-state index contributed by atoms with van der Waals surface area (Å²) >= 11 is 0. The molecule has 0 bridgehead atoms. The number of cyclic esters (lactones) is 2. The summed E-state index contributed by atoms with van der Waals surface area (Å²) in [7, 11) is 4.35. The number of esters is 2. The Labute approximate surface area is 363 Å². The van der Waals surface area contributed by atoms with E-state index in [1.807, 2.05) is 52.8 Å². The van der Waals surface area contributed by atoms with E-state index in [1.165, 1.54) is 49.7 Å². The normalized spacial score (nSPS) is 29.3. The van der Waals surface area contributed by atoms with E-state index < -0.39 is 96.4 Å². The number of amides is 5. The first-order chi connectivity index (χ1) is 28.6. The maximum atomic E-state index is 14.2. The molecule has 342 valence electrons. The maximum absolute atomic E-state index is 14.2. The van der Waals surface area contributed by atoms with Crippen molar-refractivity contribution in [1.29, 1.82) is 0 Å². The summed E-state index contributed by atoms with van der Waals surface area (Å²) in [5, 5.41) is 16.7. The van der Waals surface area contributed by atoms with Crippen LogP contribution in [0.2, 0.25) is 0 Å². The number of nitrogens with zero attached hydrogens (tertiary/aromatic N) is 3. The predicted octanol–water partition coefficient (Wildman–Crippen LogP) is 4.05. The third-order valence-corrected chi connectivity index (χ3v) is 12.4. The highest BCUT2D eigenvalue weighted by Crippen LogP contribution is 2.25. The van der Waals surface area contributed by atoms with Gasteiger partial charge in [0.1, 0.15) is 30.3 Å². The zero-order valence-corrected chi connectivity index (χ0v) is 38.7. The lowest BCUT2D eigenvalue weighted by atomic mass is 9.88. The van der Waals surface area contributed by atoms with Gasteiger partial charge in [0.25, 0.3) is 5.91 Å². The molecule has 0 radical (unpaired) electrons. The van der Waals surface area contributed by atoms with Crippen molar-refractivity contribution < 1.29 is 48.1 Å². The first-order valence-corrected chi connectivity index (χ1v) is 21.8. The summed E-state index contributed by atoms with van der Waals surface area (Å²) in [6.45, 7) is 17.1. The van der Waals surface area contributed by atoms with Gasteiger partial charge in [-0.2, -0.15) is 0 Å². The van der Waals surface area contributed by atoms with Crippen LogP contribution >= 0.6 is 0 Å². The molecule has 0 aliphatic carbocycles. The third kappa shape index (κ3) is 15.0. The van der Waals surface area contributed by atoms with Gasteiger partial charge in [0, 0.05) is 39.1 Å². The number of aliphatic hydroxyl groups is 1. The minimum atomic E-state index is -1.25. The number of hydrogen-bond acceptors (Lipinski definition) is 10. The van der Waals surface area contributed by atoms with Gasteiger partial charge in [-0.05, 0) is 63.4 Å². The van der Waals surface area contributed by atoms with Gasteiger partial charge in [-0.1, -0.05) is 97.7 Å². The Morgan fingerprint density at radius 1 is 0.770 bits per heavy atom. The number of aliphatic hydroxyl groups excluding tert-OH is 1. The zero-order valence-electron chi connectivity index (χ0n) is 38.7. The summed E-state index contributed by atoms with van der Waals surface area (Å²) in [5.74, 6) is -5.62. The van der Waals surface area contributed by atoms with Crippen LogP contribution in [0.25, 0.3) is 0 Å². The SMILES string of the molecule is CC[C@@H](C)[C@@H]1NC(=O)CN(C)C(=O)[C@@H](Cc2ccccc2)N(C)C(=O)[C@H](C)NC(=O)[C@@H]([C@@H](C)CC)OC(=O)/C(C)=C/C[C@H](O)[C@@H](C)C[C@H]([C@@H](C)CC)OC(=O)[C@H](C)N(C)C1=O. The van der Waals surface area contributed by atoms with Crippen LogP contribution in [0.1, 0.15) is 107 Å². The molecule has 1 aliphatic rings. The second-order valence-corrected chi connectivity index (χ2v) is 17.1. The molecule has 1 aromatic carbocycles. The van der Waals surface area contributed by atoms with Crippen molar-refractivity contribution in [3.8, 4) is 0 Å². The summed E-state index contributed by atoms with van der Waals surface area (Å²) in [5.41, 5.74) is 0.920. The fraction of sp³-hybridized carbons (Fsp3) is 0.674. The molecule has 5 amide bonds. The van der Waals surface area contributed by atoms with Crippen molar-refractivity contribution in [3.63, 3.8) is 0 Å². The van der Waals surface area contributed by atoms with E-state index in [0.29, 0.717) is 25.7 Å². The number of carbonyl (C=O) groups excluding carboxylic acids is 7. The molecule has 0 fully saturated rings. The van der Waals surface area contributed by atoms with E-state index in [2.05, 4.69) is 10.6 Å². The summed E-state index contributed by atoms with van der Waals surface area (Å²) in [6, 6.07) is 4.73. The minimum Gasteiger partial charge on any atom is -0.461 e. The highest BCUT2D eigenvalue weighted by atomic mass is 16.6. The molecule has 1 aromatic rings. The van der Waals surface area contributed by atoms with Crippen LogP contribution in [0.3, 0.4) is 0 Å². The molecule has 11 atom stereocenters. The lowest BCUT2D eigenvalue weighted by Gasteiger charge is -2.34. The second-order valence-electron chi connectivity index (χ2n) is 17.1. The molecule has 0 saturated heterocycles. The number of benzene rings is 1. The number of likely N-dealkylation sites (N-methyl/N-ethyl adjacent to an activating group) is 3. The van der Waals surface area contributed by atoms with Crippen LogP contribution < -0.4 is 10.6 Å². The number of carbonyl (C=O) groups is 7. The molecule has 0 aromatic heterocycles. The first kappa shape index (κ1) is 52.3. The highest BCUT2D eigenvalue weighted by Gasteiger charge is 2.38. The number of hydrogen-bond donors (Lipinski definition) is 3. The van der Waals surface area contributed by atoms with Crippen molar-refractivity contribution in [2.24, 2.45) is 23.7 Å². The molecule has 1 aliphatic heterocycles. The minimum absolute atomic E-state index is 0.0791. The second kappa shape index (κ2) is 24.6. The van der Waals surface area contributed by atoms with Crippen LogP contribution in [-0.2, 0) is 49.5 Å². The topological polar surface area (TPSA) is 192 Å². The van der Waals surface area contributed by atoms with Crippen molar-refractivity contribution in [2.75, 3.05) is 27.7 Å². The van der Waals surface area contributed by atoms with Gasteiger partial charge in [0.05, 0.1) is 12.6 Å². The molecule has 15 heteroatoms. The van der Waals surface area contributed by atoms with E-state index >= 15 is 0 Å². The molecular formula is C46H73N5O10. The van der Waals surface area contributed by atoms with Crippen molar-refractivity contribution in [2.45, 2.75) is 150 Å². The van der Waals surface area contributed by atoms with Gasteiger partial charge in [-0.3, -0.25) is 24.0 Å². The molecule has 2 rings (SSSR count). The van der Waals surface area contributed by atoms with Crippen LogP contribution in [0.5, 0.6) is 0 Å². The van der Waals surface area contributed by atoms with Gasteiger partial charge < -0.3 is 39.9 Å². The zero-order chi connectivity index (χ0) is 46.3. The Kier molecular flexibility index (Phi) is 21.1. The Bertz CT molecular complexity index is 1690. The lowest BCUT2D eigenvalue weighted by molar-refractivity contribution is -0.162. The van der Waals surface area contributed by atoms with Gasteiger partial charge in [0.2, 0.25) is 23.6 Å². The monoisotopic (exact) mass is 856 g/mol. The highest BCUT2D eigenvalue weighted by molar-refractivity contribution is 5.96. The summed E-state index contributed by atoms with van der Waals surface area (Å²) in [4.78, 5) is 100. The number of ether oxygens (including phenoxy) is 2. The van der Waals surface area contributed by atoms with E-state index in [4.69, 9.17) is 9.47 Å². The molecule has 61 heavy (non-hydrogen) atoms. The van der Waals surface area contributed by atoms with Gasteiger partial charge in [-0.25, -0.2) is 9.59 Å². The molecule has 0 saturated carbocycles. The van der Waals surface area contributed by atoms with Gasteiger partial charge >= 0.3 is 11.9 Å². The molecule has 1 heterocycles. The molecule has 3 N–H and O–H groups in total. The van der Waals surface area contributed by atoms with E-state index in [0.717, 1.165) is 5.56 Å². The van der Waals surface area contributed by atoms with E-state index in [-0.39, 0.29) is 36.2 Å². The Morgan fingerprint density at radius 3 is 1.93 bits per heavy atom. The predicted molar refractivity (Wildman–Crippen MR) is 232 cm³/mol. The number of nitrogens with one attached hydrogen (secondary N) is 2. The molecule has 0 unspecified atom stereocenters. The average Bonchev–Trinajstić information content (AvgIpc) is 3.25. The Morgan fingerprint density at radius 2 is 1.36 bits per heavy atom. The van der Waals surface area contributed by atoms with Gasteiger partial charge in [-0.15, -0.1) is 0 Å². The standard InChI is InChI=1S/C46H73N5O10/c1-14-27(4)37-24-31(8)36(52)23-22-30(7)45(58)61-40(29(6)16-3)41(54)47-32(9)42(55)51(13)35(25-34-20-18-17-19-21-34)43(56)49(11)26-38(53)48-39(28(5)15-2)44(57)50(12)33(10)46(59)60-37/h17-22,27-29,31-33,35-37,39-40,52H,14-16,23-26H2,1-13H3,(H,47,54)(H,48,53)/b30-22+/t27-,28+,29-,31-,32-,33-,35+,36-,37+,39-,40+/m0/s1. The number of rotatable bonds is 8. The maximum Gasteiger partial charge on any atom is 0.334 e. The Balaban J connectivity index is 2.63. The first-order valence-electron chi connectivity index (χ1n) is 21.8. The van der Waals surface area contributed by atoms with Crippen LogP contribution in [0, 0.1) is 23.7 Å². The third-order valence-electron chi connectivity index (χ3n) is 12.4. The van der Waals surface area contributed by atoms with Gasteiger partial charge in [0.15, 0.2) is 6.10 Å². The molecule has 0 spiro atoms. The summed E-state index contributed by atoms with van der Waals surface area (Å²) in [6.07, 6.45) is 0.906. The summed E-state index contributed by atoms with van der Waals surface area (Å²) < 4.78 is 11.8. The fourth-order valence-corrected chi connectivity index (χ4v) is 6.96. The largest absolute Gasteiger partial charge is 0.461 e. The Hall–Kier alpha value is -4.79. The molecular weight excluding hydrogens is 783 g/mol. The van der Waals surface area contributed by atoms with Crippen molar-refractivity contribution in [1.82, 2.24) is 25.3 Å². The average molecular weight is 856 g/mol. The quantitative estimate of drug-likeness (QED) is 0.322. The van der Waals surface area contributed by atoms with Crippen molar-refractivity contribution >= 4 is 41.5 Å². The van der Waals surface area contributed by atoms with Crippen LogP contribution in [0.4, 0.5) is 0 Å². The lowest BCUT2D eigenvalue weighted by Crippen LogP contribution is -2.58. The van der Waals surface area contributed by atoms with Crippen LogP contribution in [-0.4, -0.2) is 131 Å². The van der Waals surface area contributed by atoms with E-state index in [1.54, 1.807) is 39.0 Å². The molecule has 15 nitrogen and oxygen atoms in total.